The molecular formula is C15H21BrN2O2S. The molecule has 0 bridgehead atoms. The average Bonchev–Trinajstić information content (AvgIpc) is 3.31. The smallest absolute Gasteiger partial charge is 0.240 e. The Kier molecular flexibility index (Phi) is 3.93. The molecule has 0 amide bonds. The summed E-state index contributed by atoms with van der Waals surface area (Å²) in [6.45, 7) is 2.71. The Morgan fingerprint density at radius 1 is 1.38 bits per heavy atom. The van der Waals surface area contributed by atoms with E-state index in [0.717, 1.165) is 34.4 Å². The summed E-state index contributed by atoms with van der Waals surface area (Å²) in [4.78, 5) is 0.337. The van der Waals surface area contributed by atoms with Gasteiger partial charge in [0, 0.05) is 17.6 Å². The van der Waals surface area contributed by atoms with Crippen molar-refractivity contribution in [2.75, 3.05) is 6.54 Å². The zero-order valence-corrected chi connectivity index (χ0v) is 14.6. The monoisotopic (exact) mass is 372 g/mol. The molecule has 2 aliphatic rings. The Hall–Kier alpha value is -0.430. The molecule has 0 aliphatic heterocycles. The summed E-state index contributed by atoms with van der Waals surface area (Å²) in [5, 5.41) is 0. The lowest BCUT2D eigenvalue weighted by atomic mass is 10.0. The summed E-state index contributed by atoms with van der Waals surface area (Å²) < 4.78 is 28.9. The molecule has 0 heterocycles. The van der Waals surface area contributed by atoms with Crippen LogP contribution in [0, 0.1) is 18.3 Å². The van der Waals surface area contributed by atoms with Crippen molar-refractivity contribution >= 4 is 26.0 Å². The van der Waals surface area contributed by atoms with Crippen LogP contribution < -0.4 is 10.5 Å². The zero-order valence-electron chi connectivity index (χ0n) is 12.2. The van der Waals surface area contributed by atoms with E-state index < -0.39 is 10.0 Å². The van der Waals surface area contributed by atoms with Crippen LogP contribution in [0.4, 0.5) is 0 Å². The molecule has 0 unspecified atom stereocenters. The maximum absolute atomic E-state index is 12.6. The Morgan fingerprint density at radius 3 is 2.57 bits per heavy atom. The molecule has 21 heavy (non-hydrogen) atoms. The fourth-order valence-corrected chi connectivity index (χ4v) is 5.10. The van der Waals surface area contributed by atoms with Gasteiger partial charge in [0.2, 0.25) is 10.0 Å². The van der Waals surface area contributed by atoms with Crippen LogP contribution >= 0.6 is 15.9 Å². The number of benzene rings is 1. The van der Waals surface area contributed by atoms with Gasteiger partial charge in [0.05, 0.1) is 4.90 Å². The molecule has 3 N–H and O–H groups in total. The van der Waals surface area contributed by atoms with E-state index >= 15 is 0 Å². The van der Waals surface area contributed by atoms with Crippen LogP contribution in [0.25, 0.3) is 0 Å². The lowest BCUT2D eigenvalue weighted by molar-refractivity contribution is 0.431. The van der Waals surface area contributed by atoms with E-state index in [4.69, 9.17) is 5.73 Å². The van der Waals surface area contributed by atoms with Crippen molar-refractivity contribution in [1.82, 2.24) is 4.72 Å². The highest BCUT2D eigenvalue weighted by Gasteiger charge is 2.53. The highest BCUT2D eigenvalue weighted by atomic mass is 79.9. The van der Waals surface area contributed by atoms with E-state index in [1.165, 1.54) is 12.8 Å². The number of nitrogens with one attached hydrogen (secondary N) is 1. The number of hydrogen-bond donors (Lipinski definition) is 2. The minimum Gasteiger partial charge on any atom is -0.326 e. The van der Waals surface area contributed by atoms with E-state index in [1.54, 1.807) is 6.07 Å². The molecule has 0 atom stereocenters. The van der Waals surface area contributed by atoms with Crippen LogP contribution in [-0.4, -0.2) is 15.0 Å². The third-order valence-corrected chi connectivity index (χ3v) is 7.18. The van der Waals surface area contributed by atoms with Crippen LogP contribution in [0.1, 0.15) is 36.8 Å². The summed E-state index contributed by atoms with van der Waals surface area (Å²) in [5.41, 5.74) is 7.45. The number of sulfonamides is 1. The minimum atomic E-state index is -3.48. The lowest BCUT2D eigenvalue weighted by Crippen LogP contribution is -2.31. The van der Waals surface area contributed by atoms with Crippen molar-refractivity contribution in [3.63, 3.8) is 0 Å². The lowest BCUT2D eigenvalue weighted by Gasteiger charge is -2.17. The molecule has 2 aliphatic carbocycles. The van der Waals surface area contributed by atoms with E-state index in [-0.39, 0.29) is 5.41 Å². The van der Waals surface area contributed by atoms with Gasteiger partial charge in [-0.05, 0) is 67.2 Å². The number of rotatable bonds is 6. The van der Waals surface area contributed by atoms with Gasteiger partial charge in [-0.25, -0.2) is 13.1 Å². The SMILES string of the molecule is Cc1c(Br)cc(CN)cc1S(=O)(=O)NCC1(C2CC2)CC1. The minimum absolute atomic E-state index is 0.254. The van der Waals surface area contributed by atoms with E-state index in [1.807, 2.05) is 13.0 Å². The predicted octanol–water partition coefficient (Wildman–Crippen LogP) is 2.68. The Morgan fingerprint density at radius 2 is 2.05 bits per heavy atom. The van der Waals surface area contributed by atoms with E-state index in [0.29, 0.717) is 18.0 Å². The first-order chi connectivity index (χ1) is 9.88. The molecular weight excluding hydrogens is 352 g/mol. The topological polar surface area (TPSA) is 72.2 Å². The van der Waals surface area contributed by atoms with Gasteiger partial charge in [0.1, 0.15) is 0 Å². The van der Waals surface area contributed by atoms with Gasteiger partial charge in [-0.15, -0.1) is 0 Å². The molecule has 0 saturated heterocycles. The van der Waals surface area contributed by atoms with Gasteiger partial charge in [-0.3, -0.25) is 0 Å². The van der Waals surface area contributed by atoms with Gasteiger partial charge < -0.3 is 5.73 Å². The molecule has 2 fully saturated rings. The van der Waals surface area contributed by atoms with Crippen LogP contribution in [0.15, 0.2) is 21.5 Å². The van der Waals surface area contributed by atoms with Crippen molar-refractivity contribution in [1.29, 1.82) is 0 Å². The zero-order chi connectivity index (χ0) is 15.3. The Bertz CT molecular complexity index is 664. The number of hydrogen-bond acceptors (Lipinski definition) is 3. The van der Waals surface area contributed by atoms with Gasteiger partial charge in [-0.2, -0.15) is 0 Å². The third kappa shape index (κ3) is 3.04. The maximum Gasteiger partial charge on any atom is 0.240 e. The first-order valence-electron chi connectivity index (χ1n) is 7.37. The molecule has 3 rings (SSSR count). The second-order valence-electron chi connectivity index (χ2n) is 6.37. The second-order valence-corrected chi connectivity index (χ2v) is 8.96. The fourth-order valence-electron chi connectivity index (χ4n) is 3.01. The average molecular weight is 373 g/mol. The van der Waals surface area contributed by atoms with Gasteiger partial charge in [-0.1, -0.05) is 15.9 Å². The maximum atomic E-state index is 12.6. The van der Waals surface area contributed by atoms with Crippen LogP contribution in [0.2, 0.25) is 0 Å². The molecule has 0 spiro atoms. The predicted molar refractivity (Wildman–Crippen MR) is 86.3 cm³/mol. The van der Waals surface area contributed by atoms with Crippen molar-refractivity contribution in [3.05, 3.63) is 27.7 Å². The first-order valence-corrected chi connectivity index (χ1v) is 9.64. The highest BCUT2D eigenvalue weighted by Crippen LogP contribution is 2.60. The van der Waals surface area contributed by atoms with Gasteiger partial charge >= 0.3 is 0 Å². The summed E-state index contributed by atoms with van der Waals surface area (Å²) in [7, 11) is -3.48. The molecule has 0 aromatic heterocycles. The van der Waals surface area contributed by atoms with Crippen LogP contribution in [0.3, 0.4) is 0 Å². The summed E-state index contributed by atoms with van der Waals surface area (Å²) in [6, 6.07) is 3.56. The van der Waals surface area contributed by atoms with Crippen molar-refractivity contribution < 1.29 is 8.42 Å². The van der Waals surface area contributed by atoms with Crippen molar-refractivity contribution in [2.24, 2.45) is 17.1 Å². The summed E-state index contributed by atoms with van der Waals surface area (Å²) >= 11 is 3.42. The Labute approximate surface area is 134 Å². The van der Waals surface area contributed by atoms with Crippen molar-refractivity contribution in [3.8, 4) is 0 Å². The van der Waals surface area contributed by atoms with E-state index in [9.17, 15) is 8.42 Å². The third-order valence-electron chi connectivity index (χ3n) is 4.83. The van der Waals surface area contributed by atoms with Crippen LogP contribution in [0.5, 0.6) is 0 Å². The van der Waals surface area contributed by atoms with Gasteiger partial charge in [0.15, 0.2) is 0 Å². The van der Waals surface area contributed by atoms with Crippen LogP contribution in [-0.2, 0) is 16.6 Å². The largest absolute Gasteiger partial charge is 0.326 e. The molecule has 0 radical (unpaired) electrons. The molecule has 116 valence electrons. The molecule has 1 aromatic carbocycles. The summed E-state index contributed by atoms with van der Waals surface area (Å²) in [6.07, 6.45) is 4.83. The quantitative estimate of drug-likeness (QED) is 0.805. The molecule has 6 heteroatoms. The molecule has 1 aromatic rings. The molecule has 2 saturated carbocycles. The summed E-state index contributed by atoms with van der Waals surface area (Å²) in [5.74, 6) is 0.739. The molecule has 4 nitrogen and oxygen atoms in total. The standard InChI is InChI=1S/C15H21BrN2O2S/c1-10-13(16)6-11(8-17)7-14(10)21(19,20)18-9-15(4-5-15)12-2-3-12/h6-7,12,18H,2-5,8-9,17H2,1H3. The normalized spacial score (nSPS) is 20.5. The van der Waals surface area contributed by atoms with Crippen molar-refractivity contribution in [2.45, 2.75) is 44.0 Å². The highest BCUT2D eigenvalue weighted by molar-refractivity contribution is 9.10. The van der Waals surface area contributed by atoms with E-state index in [2.05, 4.69) is 20.7 Å². The number of halogens is 1. The van der Waals surface area contributed by atoms with Gasteiger partial charge in [0.25, 0.3) is 0 Å². The first kappa shape index (κ1) is 15.5. The number of nitrogens with two attached hydrogens (primary N) is 1. The Balaban J connectivity index is 1.82. The second kappa shape index (κ2) is 5.33. The fraction of sp³-hybridized carbons (Fsp3) is 0.600.